The normalized spacial score (nSPS) is 15.7. The molecule has 7 heteroatoms. The van der Waals surface area contributed by atoms with E-state index in [9.17, 15) is 4.79 Å². The van der Waals surface area contributed by atoms with Gasteiger partial charge in [-0.05, 0) is 36.4 Å². The molecule has 0 radical (unpaired) electrons. The highest BCUT2D eigenvalue weighted by atomic mass is 35.5. The van der Waals surface area contributed by atoms with Crippen LogP contribution in [0.3, 0.4) is 0 Å². The number of anilines is 2. The van der Waals surface area contributed by atoms with Crippen molar-refractivity contribution in [3.8, 4) is 11.5 Å². The number of fused-ring (bicyclic) bond motifs is 2. The van der Waals surface area contributed by atoms with Crippen LogP contribution in [0.15, 0.2) is 66.9 Å². The minimum Gasteiger partial charge on any atom is -0.455 e. The summed E-state index contributed by atoms with van der Waals surface area (Å²) in [5.41, 5.74) is 1.65. The summed E-state index contributed by atoms with van der Waals surface area (Å²) in [5, 5.41) is 0.570. The number of aromatic nitrogens is 1. The molecule has 3 aromatic rings. The molecule has 1 aromatic heterocycles. The van der Waals surface area contributed by atoms with Crippen molar-refractivity contribution in [2.75, 3.05) is 36.0 Å². The summed E-state index contributed by atoms with van der Waals surface area (Å²) >= 11 is 6.26. The van der Waals surface area contributed by atoms with Gasteiger partial charge in [-0.2, -0.15) is 0 Å². The number of halogens is 1. The van der Waals surface area contributed by atoms with Gasteiger partial charge in [-0.3, -0.25) is 4.90 Å². The Hall–Kier alpha value is -3.25. The summed E-state index contributed by atoms with van der Waals surface area (Å²) in [6.45, 7) is 3.18. The molecule has 0 aliphatic carbocycles. The number of carbonyl (C=O) groups excluding carboxylic acids is 1. The third-order valence-electron chi connectivity index (χ3n) is 5.49. The Morgan fingerprint density at radius 2 is 1.73 bits per heavy atom. The lowest BCUT2D eigenvalue weighted by molar-refractivity contribution is 0.200. The number of urea groups is 1. The van der Waals surface area contributed by atoms with Gasteiger partial charge >= 0.3 is 6.03 Å². The standard InChI is InChI=1S/C23H21ClN4O2/c24-18-8-9-21-19(15-18)28(16-17-5-1-2-6-20(17)30-21)23(29)27-13-11-26(12-14-27)22-7-3-4-10-25-22/h1-10,15H,11-14,16H2. The molecular weight excluding hydrogens is 400 g/mol. The molecule has 6 nitrogen and oxygen atoms in total. The number of nitrogens with zero attached hydrogens (tertiary/aromatic N) is 4. The van der Waals surface area contributed by atoms with Crippen LogP contribution in [0.1, 0.15) is 5.56 Å². The number of piperazine rings is 1. The van der Waals surface area contributed by atoms with Gasteiger partial charge in [0, 0.05) is 43.0 Å². The first-order chi connectivity index (χ1) is 14.7. The Bertz CT molecular complexity index is 1070. The molecule has 0 atom stereocenters. The van der Waals surface area contributed by atoms with Crippen molar-refractivity contribution < 1.29 is 9.53 Å². The molecule has 2 aliphatic rings. The first-order valence-corrected chi connectivity index (χ1v) is 10.3. The number of para-hydroxylation sites is 1. The lowest BCUT2D eigenvalue weighted by atomic mass is 10.2. The highest BCUT2D eigenvalue weighted by Crippen LogP contribution is 2.40. The van der Waals surface area contributed by atoms with Gasteiger partial charge in [0.2, 0.25) is 0 Å². The van der Waals surface area contributed by atoms with Crippen LogP contribution < -0.4 is 14.5 Å². The summed E-state index contributed by atoms with van der Waals surface area (Å²) in [6.07, 6.45) is 1.79. The van der Waals surface area contributed by atoms with E-state index >= 15 is 0 Å². The fourth-order valence-electron chi connectivity index (χ4n) is 3.90. The van der Waals surface area contributed by atoms with Gasteiger partial charge in [-0.25, -0.2) is 9.78 Å². The monoisotopic (exact) mass is 420 g/mol. The minimum absolute atomic E-state index is 0.0421. The molecule has 0 spiro atoms. The Morgan fingerprint density at radius 1 is 0.933 bits per heavy atom. The molecule has 0 unspecified atom stereocenters. The van der Waals surface area contributed by atoms with Gasteiger partial charge in [-0.15, -0.1) is 0 Å². The van der Waals surface area contributed by atoms with Crippen molar-refractivity contribution >= 4 is 29.1 Å². The Morgan fingerprint density at radius 3 is 2.53 bits per heavy atom. The zero-order valence-corrected chi connectivity index (χ0v) is 17.1. The molecule has 0 bridgehead atoms. The molecule has 2 aliphatic heterocycles. The van der Waals surface area contributed by atoms with Crippen LogP contribution in [0.5, 0.6) is 11.5 Å². The van der Waals surface area contributed by atoms with Gasteiger partial charge in [0.15, 0.2) is 5.75 Å². The zero-order chi connectivity index (χ0) is 20.5. The average molecular weight is 421 g/mol. The lowest BCUT2D eigenvalue weighted by Gasteiger charge is -2.38. The molecule has 30 heavy (non-hydrogen) atoms. The van der Waals surface area contributed by atoms with E-state index in [4.69, 9.17) is 16.3 Å². The van der Waals surface area contributed by atoms with Crippen molar-refractivity contribution in [1.29, 1.82) is 0 Å². The number of benzene rings is 2. The Labute approximate surface area is 180 Å². The molecular formula is C23H21ClN4O2. The fourth-order valence-corrected chi connectivity index (χ4v) is 4.07. The number of rotatable bonds is 1. The van der Waals surface area contributed by atoms with Gasteiger partial charge < -0.3 is 14.5 Å². The summed E-state index contributed by atoms with van der Waals surface area (Å²) in [4.78, 5) is 23.8. The Balaban J connectivity index is 1.40. The van der Waals surface area contributed by atoms with E-state index in [0.29, 0.717) is 36.1 Å². The SMILES string of the molecule is O=C(N1CCN(c2ccccn2)CC1)N1Cc2ccccc2Oc2ccc(Cl)cc21. The van der Waals surface area contributed by atoms with E-state index in [-0.39, 0.29) is 6.03 Å². The van der Waals surface area contributed by atoms with E-state index in [1.54, 1.807) is 23.2 Å². The van der Waals surface area contributed by atoms with Crippen LogP contribution in [-0.2, 0) is 6.54 Å². The fraction of sp³-hybridized carbons (Fsp3) is 0.217. The maximum atomic E-state index is 13.6. The maximum absolute atomic E-state index is 13.6. The number of pyridine rings is 1. The molecule has 3 heterocycles. The van der Waals surface area contributed by atoms with E-state index in [1.807, 2.05) is 53.4 Å². The van der Waals surface area contributed by atoms with Gasteiger partial charge in [0.05, 0.1) is 12.2 Å². The number of hydrogen-bond donors (Lipinski definition) is 0. The zero-order valence-electron chi connectivity index (χ0n) is 16.4. The van der Waals surface area contributed by atoms with Gasteiger partial charge in [-0.1, -0.05) is 35.9 Å². The second-order valence-corrected chi connectivity index (χ2v) is 7.79. The average Bonchev–Trinajstić information content (AvgIpc) is 2.96. The van der Waals surface area contributed by atoms with Crippen molar-refractivity contribution in [2.45, 2.75) is 6.54 Å². The summed E-state index contributed by atoms with van der Waals surface area (Å²) in [5.74, 6) is 2.33. The van der Waals surface area contributed by atoms with Crippen LogP contribution in [0.25, 0.3) is 0 Å². The molecule has 1 fully saturated rings. The summed E-state index contributed by atoms with van der Waals surface area (Å²) < 4.78 is 6.11. The highest BCUT2D eigenvalue weighted by Gasteiger charge is 2.31. The van der Waals surface area contributed by atoms with Gasteiger partial charge in [0.25, 0.3) is 0 Å². The number of hydrogen-bond acceptors (Lipinski definition) is 4. The molecule has 1 saturated heterocycles. The molecule has 0 N–H and O–H groups in total. The van der Waals surface area contributed by atoms with E-state index < -0.39 is 0 Å². The van der Waals surface area contributed by atoms with E-state index in [2.05, 4.69) is 9.88 Å². The van der Waals surface area contributed by atoms with Gasteiger partial charge in [0.1, 0.15) is 11.6 Å². The first-order valence-electron chi connectivity index (χ1n) is 9.97. The van der Waals surface area contributed by atoms with E-state index in [0.717, 1.165) is 30.2 Å². The third-order valence-corrected chi connectivity index (χ3v) is 5.72. The maximum Gasteiger partial charge on any atom is 0.325 e. The van der Waals surface area contributed by atoms with Crippen LogP contribution in [0.4, 0.5) is 16.3 Å². The van der Waals surface area contributed by atoms with Crippen molar-refractivity contribution in [3.63, 3.8) is 0 Å². The second-order valence-electron chi connectivity index (χ2n) is 7.35. The number of amides is 2. The first kappa shape index (κ1) is 18.8. The highest BCUT2D eigenvalue weighted by molar-refractivity contribution is 6.31. The topological polar surface area (TPSA) is 48.9 Å². The van der Waals surface area contributed by atoms with Crippen molar-refractivity contribution in [2.24, 2.45) is 0 Å². The van der Waals surface area contributed by atoms with Crippen LogP contribution in [-0.4, -0.2) is 42.1 Å². The van der Waals surface area contributed by atoms with Crippen LogP contribution in [0, 0.1) is 0 Å². The largest absolute Gasteiger partial charge is 0.455 e. The minimum atomic E-state index is -0.0421. The predicted octanol–water partition coefficient (Wildman–Crippen LogP) is 4.79. The van der Waals surface area contributed by atoms with Crippen LogP contribution in [0.2, 0.25) is 5.02 Å². The predicted molar refractivity (Wildman–Crippen MR) is 118 cm³/mol. The van der Waals surface area contributed by atoms with Crippen molar-refractivity contribution in [1.82, 2.24) is 9.88 Å². The van der Waals surface area contributed by atoms with E-state index in [1.165, 1.54) is 0 Å². The smallest absolute Gasteiger partial charge is 0.325 e. The molecule has 2 amide bonds. The lowest BCUT2D eigenvalue weighted by Crippen LogP contribution is -2.53. The molecule has 152 valence electrons. The number of ether oxygens (including phenoxy) is 1. The Kier molecular flexibility index (Phi) is 4.93. The summed E-state index contributed by atoms with van der Waals surface area (Å²) in [7, 11) is 0. The summed E-state index contributed by atoms with van der Waals surface area (Å²) in [6, 6.07) is 19.0. The molecule has 5 rings (SSSR count). The third kappa shape index (κ3) is 3.55. The molecule has 2 aromatic carbocycles. The quantitative estimate of drug-likeness (QED) is 0.568. The van der Waals surface area contributed by atoms with Crippen molar-refractivity contribution in [3.05, 3.63) is 77.4 Å². The second kappa shape index (κ2) is 7.88. The molecule has 0 saturated carbocycles. The number of carbonyl (C=O) groups is 1. The van der Waals surface area contributed by atoms with Crippen LogP contribution >= 0.6 is 11.6 Å².